The first-order chi connectivity index (χ1) is 12.5. The molecular formula is C19H18N4O2S. The minimum Gasteiger partial charge on any atom is -0.346 e. The molecule has 0 spiro atoms. The van der Waals surface area contributed by atoms with Crippen LogP contribution in [0.3, 0.4) is 0 Å². The van der Waals surface area contributed by atoms with Gasteiger partial charge in [0.2, 0.25) is 5.91 Å². The molecule has 0 bridgehead atoms. The van der Waals surface area contributed by atoms with Crippen molar-refractivity contribution in [3.63, 3.8) is 0 Å². The van der Waals surface area contributed by atoms with Crippen LogP contribution in [0.1, 0.15) is 24.4 Å². The summed E-state index contributed by atoms with van der Waals surface area (Å²) in [6.07, 6.45) is 3.87. The molecule has 7 heteroatoms. The smallest absolute Gasteiger partial charge is 0.240 e. The Bertz CT molecular complexity index is 1140. The molecule has 0 unspecified atom stereocenters. The molecular weight excluding hydrogens is 348 g/mol. The fraction of sp³-hybridized carbons (Fsp3) is 0.211. The van der Waals surface area contributed by atoms with Crippen LogP contribution in [-0.2, 0) is 11.3 Å². The number of carbonyl (C=O) groups excluding carboxylic acids is 1. The Kier molecular flexibility index (Phi) is 4.08. The molecule has 0 aliphatic heterocycles. The highest BCUT2D eigenvalue weighted by atomic mass is 32.1. The van der Waals surface area contributed by atoms with E-state index < -0.39 is 0 Å². The Balaban J connectivity index is 1.57. The summed E-state index contributed by atoms with van der Waals surface area (Å²) < 4.78 is 3.81. The van der Waals surface area contributed by atoms with Gasteiger partial charge in [0.15, 0.2) is 10.4 Å². The van der Waals surface area contributed by atoms with E-state index in [0.29, 0.717) is 5.39 Å². The largest absolute Gasteiger partial charge is 0.346 e. The van der Waals surface area contributed by atoms with Crippen LogP contribution in [0.5, 0.6) is 0 Å². The number of rotatable bonds is 4. The van der Waals surface area contributed by atoms with Gasteiger partial charge in [-0.15, -0.1) is 11.3 Å². The van der Waals surface area contributed by atoms with Crippen LogP contribution in [0.25, 0.3) is 15.9 Å². The molecule has 6 nitrogen and oxygen atoms in total. The van der Waals surface area contributed by atoms with Crippen molar-refractivity contribution in [3.05, 3.63) is 69.7 Å². The normalized spacial score (nSPS) is 12.5. The Labute approximate surface area is 153 Å². The predicted octanol–water partition coefficient (Wildman–Crippen LogP) is 2.90. The second kappa shape index (κ2) is 6.42. The van der Waals surface area contributed by atoms with Crippen LogP contribution in [0.2, 0.25) is 0 Å². The van der Waals surface area contributed by atoms with E-state index in [1.807, 2.05) is 58.8 Å². The zero-order valence-corrected chi connectivity index (χ0v) is 15.3. The molecule has 4 rings (SSSR count). The number of nitrogens with one attached hydrogen (secondary N) is 1. The summed E-state index contributed by atoms with van der Waals surface area (Å²) in [7, 11) is 0. The van der Waals surface area contributed by atoms with Crippen molar-refractivity contribution >= 4 is 33.1 Å². The van der Waals surface area contributed by atoms with Crippen molar-refractivity contribution in [2.75, 3.05) is 0 Å². The molecule has 1 N–H and O–H groups in total. The summed E-state index contributed by atoms with van der Waals surface area (Å²) in [5, 5.41) is 5.58. The predicted molar refractivity (Wildman–Crippen MR) is 103 cm³/mol. The number of fused-ring (bicyclic) bond motifs is 2. The van der Waals surface area contributed by atoms with Gasteiger partial charge in [0.1, 0.15) is 6.54 Å². The topological polar surface area (TPSA) is 68.4 Å². The Hall–Kier alpha value is -2.93. The lowest BCUT2D eigenvalue weighted by Crippen LogP contribution is -2.31. The van der Waals surface area contributed by atoms with E-state index in [1.54, 1.807) is 23.5 Å². The number of thiazole rings is 1. The summed E-state index contributed by atoms with van der Waals surface area (Å²) in [5.74, 6) is -0.120. The number of amides is 1. The molecule has 3 aromatic heterocycles. The number of hydrogen-bond acceptors (Lipinski definition) is 4. The van der Waals surface area contributed by atoms with E-state index in [-0.39, 0.29) is 23.9 Å². The van der Waals surface area contributed by atoms with Crippen LogP contribution in [0.4, 0.5) is 0 Å². The van der Waals surface area contributed by atoms with Gasteiger partial charge in [0.25, 0.3) is 0 Å². The van der Waals surface area contributed by atoms with E-state index in [1.165, 1.54) is 0 Å². The number of para-hydroxylation sites is 1. The lowest BCUT2D eigenvalue weighted by Gasteiger charge is -2.16. The van der Waals surface area contributed by atoms with Gasteiger partial charge in [-0.05, 0) is 26.0 Å². The van der Waals surface area contributed by atoms with E-state index in [2.05, 4.69) is 10.3 Å². The molecule has 0 saturated heterocycles. The fourth-order valence-electron chi connectivity index (χ4n) is 3.12. The molecule has 0 radical (unpaired) electrons. The Morgan fingerprint density at radius 2 is 2.15 bits per heavy atom. The molecule has 132 valence electrons. The maximum absolute atomic E-state index is 12.6. The second-order valence-electron chi connectivity index (χ2n) is 6.30. The first-order valence-corrected chi connectivity index (χ1v) is 9.21. The average molecular weight is 366 g/mol. The highest BCUT2D eigenvalue weighted by Gasteiger charge is 2.15. The molecule has 3 heterocycles. The molecule has 26 heavy (non-hydrogen) atoms. The number of nitrogens with zero attached hydrogens (tertiary/aromatic N) is 3. The number of benzene rings is 1. The lowest BCUT2D eigenvalue weighted by atomic mass is 10.2. The van der Waals surface area contributed by atoms with Gasteiger partial charge in [-0.2, -0.15) is 0 Å². The van der Waals surface area contributed by atoms with Gasteiger partial charge in [-0.1, -0.05) is 12.1 Å². The summed E-state index contributed by atoms with van der Waals surface area (Å²) in [6, 6.07) is 8.73. The number of carbonyl (C=O) groups is 1. The maximum atomic E-state index is 12.6. The van der Waals surface area contributed by atoms with Crippen LogP contribution in [-0.4, -0.2) is 19.9 Å². The van der Waals surface area contributed by atoms with Crippen molar-refractivity contribution in [3.8, 4) is 0 Å². The molecule has 0 saturated carbocycles. The number of pyridine rings is 1. The van der Waals surface area contributed by atoms with E-state index in [0.717, 1.165) is 21.9 Å². The third kappa shape index (κ3) is 2.90. The van der Waals surface area contributed by atoms with E-state index >= 15 is 0 Å². The maximum Gasteiger partial charge on any atom is 0.240 e. The van der Waals surface area contributed by atoms with E-state index in [4.69, 9.17) is 0 Å². The van der Waals surface area contributed by atoms with Crippen molar-refractivity contribution < 1.29 is 4.79 Å². The summed E-state index contributed by atoms with van der Waals surface area (Å²) in [4.78, 5) is 30.2. The fourth-order valence-corrected chi connectivity index (χ4v) is 3.83. The molecule has 1 aromatic carbocycles. The van der Waals surface area contributed by atoms with Crippen LogP contribution >= 0.6 is 11.3 Å². The number of imidazole rings is 1. The van der Waals surface area contributed by atoms with E-state index in [9.17, 15) is 9.59 Å². The molecule has 0 aliphatic rings. The first-order valence-electron chi connectivity index (χ1n) is 8.33. The highest BCUT2D eigenvalue weighted by molar-refractivity contribution is 7.15. The molecule has 1 amide bonds. The third-order valence-corrected chi connectivity index (χ3v) is 5.23. The van der Waals surface area contributed by atoms with Gasteiger partial charge < -0.3 is 9.88 Å². The Morgan fingerprint density at radius 3 is 2.96 bits per heavy atom. The average Bonchev–Trinajstić information content (AvgIpc) is 3.20. The van der Waals surface area contributed by atoms with Gasteiger partial charge in [0, 0.05) is 34.9 Å². The zero-order chi connectivity index (χ0) is 18.3. The molecule has 1 atom stereocenters. The minimum absolute atomic E-state index is 0.0267. The van der Waals surface area contributed by atoms with Gasteiger partial charge in [-0.3, -0.25) is 14.0 Å². The quantitative estimate of drug-likeness (QED) is 0.604. The number of hydrogen-bond donors (Lipinski definition) is 1. The minimum atomic E-state index is -0.194. The molecule has 0 fully saturated rings. The number of aromatic nitrogens is 3. The van der Waals surface area contributed by atoms with Crippen LogP contribution in [0, 0.1) is 6.92 Å². The van der Waals surface area contributed by atoms with Gasteiger partial charge in [0.05, 0.1) is 17.3 Å². The first kappa shape index (κ1) is 16.5. The second-order valence-corrected chi connectivity index (χ2v) is 7.17. The van der Waals surface area contributed by atoms with Crippen LogP contribution in [0.15, 0.2) is 52.9 Å². The van der Waals surface area contributed by atoms with Crippen molar-refractivity contribution in [1.29, 1.82) is 0 Å². The molecule has 0 aliphatic carbocycles. The SMILES string of the molecule is Cc1cc(=O)c2ccccc2n1CC(=O)N[C@H](C)c1cn2ccsc2n1. The highest BCUT2D eigenvalue weighted by Crippen LogP contribution is 2.17. The van der Waals surface area contributed by atoms with Gasteiger partial charge >= 0.3 is 0 Å². The monoisotopic (exact) mass is 366 g/mol. The third-order valence-electron chi connectivity index (χ3n) is 4.46. The van der Waals surface area contributed by atoms with Crippen molar-refractivity contribution in [2.24, 2.45) is 0 Å². The molecule has 4 aromatic rings. The van der Waals surface area contributed by atoms with Gasteiger partial charge in [-0.25, -0.2) is 4.98 Å². The lowest BCUT2D eigenvalue weighted by molar-refractivity contribution is -0.122. The van der Waals surface area contributed by atoms with Crippen LogP contribution < -0.4 is 10.7 Å². The van der Waals surface area contributed by atoms with Crippen molar-refractivity contribution in [2.45, 2.75) is 26.4 Å². The summed E-state index contributed by atoms with van der Waals surface area (Å²) in [6.45, 7) is 3.91. The zero-order valence-electron chi connectivity index (χ0n) is 14.5. The summed E-state index contributed by atoms with van der Waals surface area (Å²) >= 11 is 1.56. The summed E-state index contributed by atoms with van der Waals surface area (Å²) in [5.41, 5.74) is 2.33. The Morgan fingerprint density at radius 1 is 1.35 bits per heavy atom. The standard InChI is InChI=1S/C19H18N4O2S/c1-12-9-17(24)14-5-3-4-6-16(14)23(12)11-18(25)20-13(2)15-10-22-7-8-26-19(22)21-15/h3-10,13H,11H2,1-2H3,(H,20,25)/t13-/m1/s1. The number of aryl methyl sites for hydroxylation is 1. The van der Waals surface area contributed by atoms with Crippen molar-refractivity contribution in [1.82, 2.24) is 19.3 Å².